The Hall–Kier alpha value is -1.00. The van der Waals surface area contributed by atoms with Crippen LogP contribution in [0, 0.1) is 17.6 Å². The molecule has 1 aromatic rings. The number of rotatable bonds is 4. The van der Waals surface area contributed by atoms with E-state index in [-0.39, 0.29) is 6.04 Å². The van der Waals surface area contributed by atoms with Crippen molar-refractivity contribution >= 4 is 0 Å². The number of nitrogens with zero attached hydrogens (tertiary/aromatic N) is 1. The Morgan fingerprint density at radius 1 is 1.37 bits per heavy atom. The summed E-state index contributed by atoms with van der Waals surface area (Å²) >= 11 is 0. The lowest BCUT2D eigenvalue weighted by atomic mass is 9.89. The van der Waals surface area contributed by atoms with Gasteiger partial charge in [0, 0.05) is 17.7 Å². The van der Waals surface area contributed by atoms with Gasteiger partial charge in [-0.25, -0.2) is 8.78 Å². The molecular weight excluding hydrogens is 246 g/mol. The van der Waals surface area contributed by atoms with Crippen molar-refractivity contribution in [3.05, 3.63) is 35.4 Å². The van der Waals surface area contributed by atoms with Crippen LogP contribution in [0.1, 0.15) is 30.9 Å². The summed E-state index contributed by atoms with van der Waals surface area (Å²) < 4.78 is 26.9. The molecule has 1 heterocycles. The van der Waals surface area contributed by atoms with Gasteiger partial charge in [0.25, 0.3) is 0 Å². The number of hydrogen-bond donors (Lipinski definition) is 1. The lowest BCUT2D eigenvalue weighted by molar-refractivity contribution is 0.221. The van der Waals surface area contributed by atoms with E-state index in [9.17, 15) is 8.78 Å². The Morgan fingerprint density at radius 3 is 2.74 bits per heavy atom. The second kappa shape index (κ2) is 6.44. The van der Waals surface area contributed by atoms with E-state index < -0.39 is 11.6 Å². The van der Waals surface area contributed by atoms with Crippen LogP contribution in [0.5, 0.6) is 0 Å². The highest BCUT2D eigenvalue weighted by Crippen LogP contribution is 2.30. The van der Waals surface area contributed by atoms with Crippen LogP contribution in [0.15, 0.2) is 18.2 Å². The maximum Gasteiger partial charge on any atom is 0.130 e. The molecule has 1 aromatic carbocycles. The molecule has 0 spiro atoms. The number of halogens is 2. The van der Waals surface area contributed by atoms with Crippen LogP contribution in [-0.2, 0) is 0 Å². The summed E-state index contributed by atoms with van der Waals surface area (Å²) in [6.07, 6.45) is 3.26. The number of hydrogen-bond acceptors (Lipinski definition) is 2. The summed E-state index contributed by atoms with van der Waals surface area (Å²) in [6, 6.07) is 3.90. The second-order valence-corrected chi connectivity index (χ2v) is 5.59. The van der Waals surface area contributed by atoms with E-state index in [2.05, 4.69) is 5.32 Å². The molecule has 4 heteroatoms. The van der Waals surface area contributed by atoms with Gasteiger partial charge in [0.1, 0.15) is 11.6 Å². The fourth-order valence-electron chi connectivity index (χ4n) is 2.83. The van der Waals surface area contributed by atoms with Gasteiger partial charge in [-0.05, 0) is 58.4 Å². The summed E-state index contributed by atoms with van der Waals surface area (Å²) in [5, 5.41) is 3.38. The van der Waals surface area contributed by atoms with E-state index in [4.69, 9.17) is 0 Å². The summed E-state index contributed by atoms with van der Waals surface area (Å²) in [5.74, 6) is -0.397. The van der Waals surface area contributed by atoms with Gasteiger partial charge in [-0.2, -0.15) is 0 Å². The van der Waals surface area contributed by atoms with Gasteiger partial charge in [-0.1, -0.05) is 6.07 Å². The monoisotopic (exact) mass is 268 g/mol. The summed E-state index contributed by atoms with van der Waals surface area (Å²) in [4.78, 5) is 2.02. The van der Waals surface area contributed by atoms with E-state index in [0.29, 0.717) is 11.5 Å². The van der Waals surface area contributed by atoms with Crippen molar-refractivity contribution in [1.29, 1.82) is 0 Å². The number of benzene rings is 1. The standard InChI is InChI=1S/C15H22F2N2/c1-19(2)15(8-11-4-3-7-18-10-11)13-6-5-12(16)9-14(13)17/h5-6,9,11,15,18H,3-4,7-8,10H2,1-2H3. The van der Waals surface area contributed by atoms with Crippen LogP contribution in [0.4, 0.5) is 8.78 Å². The van der Waals surface area contributed by atoms with Crippen LogP contribution >= 0.6 is 0 Å². The highest BCUT2D eigenvalue weighted by molar-refractivity contribution is 5.22. The average Bonchev–Trinajstić information content (AvgIpc) is 2.38. The zero-order chi connectivity index (χ0) is 13.8. The van der Waals surface area contributed by atoms with Crippen LogP contribution in [0.25, 0.3) is 0 Å². The van der Waals surface area contributed by atoms with E-state index in [1.807, 2.05) is 19.0 Å². The van der Waals surface area contributed by atoms with Crippen LogP contribution < -0.4 is 5.32 Å². The van der Waals surface area contributed by atoms with Crippen molar-refractivity contribution in [1.82, 2.24) is 10.2 Å². The third-order valence-electron chi connectivity index (χ3n) is 3.90. The maximum atomic E-state index is 13.9. The Labute approximate surface area is 113 Å². The Kier molecular flexibility index (Phi) is 4.88. The van der Waals surface area contributed by atoms with Gasteiger partial charge in [0.2, 0.25) is 0 Å². The van der Waals surface area contributed by atoms with Crippen molar-refractivity contribution in [2.45, 2.75) is 25.3 Å². The van der Waals surface area contributed by atoms with Gasteiger partial charge in [0.15, 0.2) is 0 Å². The first-order chi connectivity index (χ1) is 9.08. The average molecular weight is 268 g/mol. The van der Waals surface area contributed by atoms with Crippen molar-refractivity contribution in [2.75, 3.05) is 27.2 Å². The molecule has 0 saturated carbocycles. The van der Waals surface area contributed by atoms with E-state index >= 15 is 0 Å². The minimum atomic E-state index is -0.516. The molecule has 1 aliphatic rings. The van der Waals surface area contributed by atoms with Crippen LogP contribution in [0.2, 0.25) is 0 Å². The second-order valence-electron chi connectivity index (χ2n) is 5.59. The molecule has 1 N–H and O–H groups in total. The van der Waals surface area contributed by atoms with Gasteiger partial charge < -0.3 is 10.2 Å². The quantitative estimate of drug-likeness (QED) is 0.903. The predicted octanol–water partition coefficient (Wildman–Crippen LogP) is 2.96. The van der Waals surface area contributed by atoms with Crippen molar-refractivity contribution in [3.8, 4) is 0 Å². The number of piperidine rings is 1. The van der Waals surface area contributed by atoms with Crippen molar-refractivity contribution in [3.63, 3.8) is 0 Å². The molecule has 0 aliphatic carbocycles. The van der Waals surface area contributed by atoms with E-state index in [0.717, 1.165) is 25.6 Å². The first-order valence-corrected chi connectivity index (χ1v) is 6.90. The SMILES string of the molecule is CN(C)C(CC1CCCNC1)c1ccc(F)cc1F. The van der Waals surface area contributed by atoms with Crippen LogP contribution in [0.3, 0.4) is 0 Å². The minimum Gasteiger partial charge on any atom is -0.316 e. The summed E-state index contributed by atoms with van der Waals surface area (Å²) in [5.41, 5.74) is 0.594. The molecule has 1 saturated heterocycles. The molecular formula is C15H22F2N2. The van der Waals surface area contributed by atoms with Crippen LogP contribution in [-0.4, -0.2) is 32.1 Å². The molecule has 0 amide bonds. The molecule has 2 unspecified atom stereocenters. The van der Waals surface area contributed by atoms with Gasteiger partial charge >= 0.3 is 0 Å². The normalized spacial score (nSPS) is 21.6. The molecule has 2 nitrogen and oxygen atoms in total. The maximum absolute atomic E-state index is 13.9. The molecule has 2 atom stereocenters. The molecule has 0 radical (unpaired) electrons. The Balaban J connectivity index is 2.14. The van der Waals surface area contributed by atoms with Gasteiger partial charge in [-0.3, -0.25) is 0 Å². The zero-order valence-corrected chi connectivity index (χ0v) is 11.6. The Morgan fingerprint density at radius 2 is 2.16 bits per heavy atom. The highest BCUT2D eigenvalue weighted by Gasteiger charge is 2.23. The fourth-order valence-corrected chi connectivity index (χ4v) is 2.83. The molecule has 1 fully saturated rings. The molecule has 0 bridgehead atoms. The number of nitrogens with one attached hydrogen (secondary N) is 1. The van der Waals surface area contributed by atoms with Crippen molar-refractivity contribution < 1.29 is 8.78 Å². The zero-order valence-electron chi connectivity index (χ0n) is 11.6. The third kappa shape index (κ3) is 3.74. The highest BCUT2D eigenvalue weighted by atomic mass is 19.1. The summed E-state index contributed by atoms with van der Waals surface area (Å²) in [6.45, 7) is 2.07. The van der Waals surface area contributed by atoms with E-state index in [1.165, 1.54) is 18.9 Å². The van der Waals surface area contributed by atoms with E-state index in [1.54, 1.807) is 6.07 Å². The van der Waals surface area contributed by atoms with Gasteiger partial charge in [0.05, 0.1) is 0 Å². The molecule has 0 aromatic heterocycles. The lowest BCUT2D eigenvalue weighted by Gasteiger charge is -2.31. The summed E-state index contributed by atoms with van der Waals surface area (Å²) in [7, 11) is 3.90. The molecule has 19 heavy (non-hydrogen) atoms. The first kappa shape index (κ1) is 14.4. The predicted molar refractivity (Wildman–Crippen MR) is 73.0 cm³/mol. The topological polar surface area (TPSA) is 15.3 Å². The molecule has 2 rings (SSSR count). The van der Waals surface area contributed by atoms with Crippen molar-refractivity contribution in [2.24, 2.45) is 5.92 Å². The van der Waals surface area contributed by atoms with Gasteiger partial charge in [-0.15, -0.1) is 0 Å². The fraction of sp³-hybridized carbons (Fsp3) is 0.600. The third-order valence-corrected chi connectivity index (χ3v) is 3.90. The minimum absolute atomic E-state index is 0.00509. The first-order valence-electron chi connectivity index (χ1n) is 6.90. The molecule has 1 aliphatic heterocycles. The molecule has 106 valence electrons. The largest absolute Gasteiger partial charge is 0.316 e. The lowest BCUT2D eigenvalue weighted by Crippen LogP contribution is -2.33. The Bertz CT molecular complexity index is 415. The smallest absolute Gasteiger partial charge is 0.130 e.